The molecule has 1 heteroatoms. The van der Waals surface area contributed by atoms with E-state index in [4.69, 9.17) is 0 Å². The van der Waals surface area contributed by atoms with Crippen molar-refractivity contribution in [2.45, 2.75) is 0 Å². The Morgan fingerprint density at radius 2 is 0.930 bits per heavy atom. The van der Waals surface area contributed by atoms with Gasteiger partial charge in [0.15, 0.2) is 0 Å². The second-order valence-corrected chi connectivity index (χ2v) is 11.2. The number of fused-ring (bicyclic) bond motifs is 5. The number of hydrogen-bond donors (Lipinski definition) is 1. The highest BCUT2D eigenvalue weighted by Gasteiger charge is 2.12. The van der Waals surface area contributed by atoms with Crippen molar-refractivity contribution in [3.63, 3.8) is 0 Å². The van der Waals surface area contributed by atoms with Crippen LogP contribution in [0.15, 0.2) is 152 Å². The first kappa shape index (κ1) is 25.1. The van der Waals surface area contributed by atoms with Gasteiger partial charge in [0.2, 0.25) is 0 Å². The van der Waals surface area contributed by atoms with Gasteiger partial charge in [-0.25, -0.2) is 0 Å². The number of benzene rings is 8. The molecule has 8 aromatic carbocycles. The minimum atomic E-state index is 0.294. The van der Waals surface area contributed by atoms with E-state index in [1.54, 1.807) is 0 Å². The van der Waals surface area contributed by atoms with E-state index >= 15 is 0 Å². The van der Waals surface area contributed by atoms with Gasteiger partial charge in [-0.15, -0.1) is 0 Å². The molecule has 0 radical (unpaired) electrons. The van der Waals surface area contributed by atoms with Crippen LogP contribution in [-0.2, 0) is 0 Å². The highest BCUT2D eigenvalue weighted by molar-refractivity contribution is 6.13. The standard InChI is InChI=1S/C42H28O/c1-2-27-11-13-28(14-12-27)32-20-22-39-36-21-19-31(23-35(36)26-41(43)40(39)25-32)29-15-17-30(18-16-29)42-37-9-5-3-7-33(37)24-34-8-4-6-10-38(34)42/h2-26,43H,1H2. The van der Waals surface area contributed by atoms with E-state index in [1.165, 1.54) is 32.7 Å². The molecule has 0 amide bonds. The maximum Gasteiger partial charge on any atom is 0.124 e. The first-order chi connectivity index (χ1) is 21.2. The Balaban J connectivity index is 1.19. The third-order valence-electron chi connectivity index (χ3n) is 8.69. The van der Waals surface area contributed by atoms with Gasteiger partial charge in [0.05, 0.1) is 0 Å². The van der Waals surface area contributed by atoms with Crippen LogP contribution >= 0.6 is 0 Å². The molecule has 0 fully saturated rings. The van der Waals surface area contributed by atoms with Gasteiger partial charge in [-0.3, -0.25) is 0 Å². The number of hydrogen-bond acceptors (Lipinski definition) is 1. The Bertz CT molecular complexity index is 2290. The molecule has 0 aliphatic heterocycles. The molecular formula is C42H28O. The zero-order chi connectivity index (χ0) is 28.9. The molecule has 0 unspecified atom stereocenters. The molecule has 8 rings (SSSR count). The van der Waals surface area contributed by atoms with E-state index in [-0.39, 0.29) is 0 Å². The van der Waals surface area contributed by atoms with Crippen LogP contribution in [0.25, 0.3) is 82.5 Å². The highest BCUT2D eigenvalue weighted by atomic mass is 16.3. The molecule has 1 nitrogen and oxygen atoms in total. The molecule has 0 aliphatic carbocycles. The van der Waals surface area contributed by atoms with Crippen molar-refractivity contribution < 1.29 is 5.11 Å². The summed E-state index contributed by atoms with van der Waals surface area (Å²) in [7, 11) is 0. The average Bonchev–Trinajstić information content (AvgIpc) is 3.07. The minimum absolute atomic E-state index is 0.294. The van der Waals surface area contributed by atoms with Crippen molar-refractivity contribution in [1.82, 2.24) is 0 Å². The van der Waals surface area contributed by atoms with Gasteiger partial charge in [0.25, 0.3) is 0 Å². The van der Waals surface area contributed by atoms with Crippen molar-refractivity contribution in [3.05, 3.63) is 158 Å². The van der Waals surface area contributed by atoms with E-state index in [2.05, 4.69) is 146 Å². The normalized spacial score (nSPS) is 11.4. The smallest absolute Gasteiger partial charge is 0.124 e. The predicted molar refractivity (Wildman–Crippen MR) is 185 cm³/mol. The lowest BCUT2D eigenvalue weighted by molar-refractivity contribution is 0.482. The lowest BCUT2D eigenvalue weighted by atomic mass is 9.91. The summed E-state index contributed by atoms with van der Waals surface area (Å²) in [5, 5.41) is 20.2. The Hall–Kier alpha value is -5.66. The molecule has 0 saturated heterocycles. The summed E-state index contributed by atoms with van der Waals surface area (Å²) in [5.74, 6) is 0.294. The molecule has 202 valence electrons. The van der Waals surface area contributed by atoms with Crippen molar-refractivity contribution in [2.75, 3.05) is 0 Å². The van der Waals surface area contributed by atoms with Crippen LogP contribution in [0.1, 0.15) is 5.56 Å². The predicted octanol–water partition coefficient (Wildman–Crippen LogP) is 11.6. The quantitative estimate of drug-likeness (QED) is 0.171. The highest BCUT2D eigenvalue weighted by Crippen LogP contribution is 2.39. The maximum atomic E-state index is 11.1. The van der Waals surface area contributed by atoms with E-state index in [0.29, 0.717) is 5.75 Å². The van der Waals surface area contributed by atoms with Crippen molar-refractivity contribution in [1.29, 1.82) is 0 Å². The maximum absolute atomic E-state index is 11.1. The van der Waals surface area contributed by atoms with Crippen molar-refractivity contribution in [2.24, 2.45) is 0 Å². The fourth-order valence-corrected chi connectivity index (χ4v) is 6.47. The SMILES string of the molecule is C=Cc1ccc(-c2ccc3c(c2)c(O)cc2cc(-c4ccc(-c5c6ccccc6cc6ccccc56)cc4)ccc23)cc1. The molecule has 43 heavy (non-hydrogen) atoms. The summed E-state index contributed by atoms with van der Waals surface area (Å²) in [6, 6.07) is 51.5. The Morgan fingerprint density at radius 3 is 1.58 bits per heavy atom. The first-order valence-electron chi connectivity index (χ1n) is 14.6. The summed E-state index contributed by atoms with van der Waals surface area (Å²) in [6.07, 6.45) is 1.84. The lowest BCUT2D eigenvalue weighted by Crippen LogP contribution is -1.87. The topological polar surface area (TPSA) is 20.2 Å². The van der Waals surface area contributed by atoms with Crippen LogP contribution < -0.4 is 0 Å². The van der Waals surface area contributed by atoms with E-state index in [9.17, 15) is 5.11 Å². The van der Waals surface area contributed by atoms with Gasteiger partial charge < -0.3 is 5.11 Å². The van der Waals surface area contributed by atoms with Crippen LogP contribution in [0.5, 0.6) is 5.75 Å². The molecule has 0 aliphatic rings. The van der Waals surface area contributed by atoms with Crippen LogP contribution in [-0.4, -0.2) is 5.11 Å². The van der Waals surface area contributed by atoms with Gasteiger partial charge in [-0.05, 0) is 101 Å². The van der Waals surface area contributed by atoms with Crippen molar-refractivity contribution in [3.8, 4) is 39.1 Å². The Labute approximate surface area is 250 Å². The summed E-state index contributed by atoms with van der Waals surface area (Å²) < 4.78 is 0. The van der Waals surface area contributed by atoms with Gasteiger partial charge in [0, 0.05) is 5.39 Å². The third-order valence-corrected chi connectivity index (χ3v) is 8.69. The number of rotatable bonds is 4. The van der Waals surface area contributed by atoms with E-state index in [0.717, 1.165) is 49.4 Å². The zero-order valence-electron chi connectivity index (χ0n) is 23.6. The summed E-state index contributed by atoms with van der Waals surface area (Å²) in [6.45, 7) is 3.84. The van der Waals surface area contributed by atoms with Crippen LogP contribution in [0.3, 0.4) is 0 Å². The van der Waals surface area contributed by atoms with Gasteiger partial charge in [-0.2, -0.15) is 0 Å². The molecule has 0 heterocycles. The summed E-state index contributed by atoms with van der Waals surface area (Å²) >= 11 is 0. The van der Waals surface area contributed by atoms with E-state index < -0.39 is 0 Å². The number of aromatic hydroxyl groups is 1. The fraction of sp³-hybridized carbons (Fsp3) is 0. The monoisotopic (exact) mass is 548 g/mol. The molecule has 0 aromatic heterocycles. The molecule has 0 bridgehead atoms. The second kappa shape index (κ2) is 10.0. The molecule has 0 spiro atoms. The first-order valence-corrected chi connectivity index (χ1v) is 14.6. The zero-order valence-corrected chi connectivity index (χ0v) is 23.6. The average molecular weight is 549 g/mol. The minimum Gasteiger partial charge on any atom is -0.507 e. The largest absolute Gasteiger partial charge is 0.507 e. The second-order valence-electron chi connectivity index (χ2n) is 11.2. The fourth-order valence-electron chi connectivity index (χ4n) is 6.47. The molecule has 1 N–H and O–H groups in total. The van der Waals surface area contributed by atoms with E-state index in [1.807, 2.05) is 12.1 Å². The van der Waals surface area contributed by atoms with Crippen LogP contribution in [0, 0.1) is 0 Å². The molecule has 0 saturated carbocycles. The Morgan fingerprint density at radius 1 is 0.395 bits per heavy atom. The molecule has 8 aromatic rings. The lowest BCUT2D eigenvalue weighted by Gasteiger charge is -2.13. The third kappa shape index (κ3) is 4.26. The molecular weight excluding hydrogens is 520 g/mol. The number of phenols is 1. The van der Waals surface area contributed by atoms with Crippen LogP contribution in [0.4, 0.5) is 0 Å². The van der Waals surface area contributed by atoms with Gasteiger partial charge in [0.1, 0.15) is 5.75 Å². The number of phenolic OH excluding ortho intramolecular Hbond substituents is 1. The van der Waals surface area contributed by atoms with Gasteiger partial charge in [-0.1, -0.05) is 134 Å². The Kier molecular flexibility index (Phi) is 5.84. The molecule has 0 atom stereocenters. The van der Waals surface area contributed by atoms with Crippen LogP contribution in [0.2, 0.25) is 0 Å². The van der Waals surface area contributed by atoms with Crippen molar-refractivity contribution >= 4 is 49.2 Å². The van der Waals surface area contributed by atoms with Gasteiger partial charge >= 0.3 is 0 Å². The summed E-state index contributed by atoms with van der Waals surface area (Å²) in [5.41, 5.74) is 8.02. The summed E-state index contributed by atoms with van der Waals surface area (Å²) in [4.78, 5) is 0.